The Morgan fingerprint density at radius 2 is 1.62 bits per heavy atom. The normalized spacial score (nSPS) is 15.0. The number of amides is 1. The molecule has 0 radical (unpaired) electrons. The number of hydrogen-bond acceptors (Lipinski definition) is 4. The molecule has 0 bridgehead atoms. The summed E-state index contributed by atoms with van der Waals surface area (Å²) in [6, 6.07) is 12.0. The second kappa shape index (κ2) is 8.19. The van der Waals surface area contributed by atoms with Gasteiger partial charge in [0.05, 0.1) is 14.2 Å². The lowest BCUT2D eigenvalue weighted by Crippen LogP contribution is -2.48. The van der Waals surface area contributed by atoms with Crippen LogP contribution < -0.4 is 9.47 Å². The lowest BCUT2D eigenvalue weighted by Gasteiger charge is -2.35. The van der Waals surface area contributed by atoms with E-state index >= 15 is 0 Å². The number of nitrogens with zero attached hydrogens (tertiary/aromatic N) is 2. The molecule has 1 amide bonds. The molecule has 1 aliphatic rings. The predicted molar refractivity (Wildman–Crippen MR) is 97.1 cm³/mol. The molecular formula is C20H23FN2O3. The van der Waals surface area contributed by atoms with Crippen LogP contribution in [0.2, 0.25) is 0 Å². The number of benzene rings is 2. The third kappa shape index (κ3) is 3.96. The summed E-state index contributed by atoms with van der Waals surface area (Å²) in [5.74, 6) is 0.706. The van der Waals surface area contributed by atoms with Crippen molar-refractivity contribution in [2.24, 2.45) is 0 Å². The van der Waals surface area contributed by atoms with E-state index in [1.54, 1.807) is 44.6 Å². The third-order valence-corrected chi connectivity index (χ3v) is 4.60. The van der Waals surface area contributed by atoms with Gasteiger partial charge >= 0.3 is 0 Å². The molecule has 0 atom stereocenters. The fraction of sp³-hybridized carbons (Fsp3) is 0.350. The summed E-state index contributed by atoms with van der Waals surface area (Å²) in [6.45, 7) is 3.36. The van der Waals surface area contributed by atoms with Gasteiger partial charge in [-0.1, -0.05) is 18.2 Å². The van der Waals surface area contributed by atoms with Crippen molar-refractivity contribution in [2.45, 2.75) is 6.54 Å². The second-order valence-corrected chi connectivity index (χ2v) is 6.24. The number of carbonyl (C=O) groups is 1. The molecule has 2 aromatic rings. The van der Waals surface area contributed by atoms with Crippen LogP contribution >= 0.6 is 0 Å². The predicted octanol–water partition coefficient (Wildman–Crippen LogP) is 2.80. The largest absolute Gasteiger partial charge is 0.496 e. The van der Waals surface area contributed by atoms with Crippen LogP contribution in [0.1, 0.15) is 15.9 Å². The zero-order valence-electron chi connectivity index (χ0n) is 15.1. The Morgan fingerprint density at radius 3 is 2.19 bits per heavy atom. The quantitative estimate of drug-likeness (QED) is 0.824. The van der Waals surface area contributed by atoms with E-state index in [0.29, 0.717) is 36.7 Å². The second-order valence-electron chi connectivity index (χ2n) is 6.24. The number of hydrogen-bond donors (Lipinski definition) is 0. The molecule has 1 fully saturated rings. The Kier molecular flexibility index (Phi) is 5.73. The van der Waals surface area contributed by atoms with E-state index < -0.39 is 0 Å². The van der Waals surface area contributed by atoms with E-state index in [4.69, 9.17) is 9.47 Å². The monoisotopic (exact) mass is 358 g/mol. The van der Waals surface area contributed by atoms with Gasteiger partial charge in [-0.2, -0.15) is 0 Å². The summed E-state index contributed by atoms with van der Waals surface area (Å²) in [4.78, 5) is 17.0. The van der Waals surface area contributed by atoms with Gasteiger partial charge in [0.1, 0.15) is 22.9 Å². The Balaban J connectivity index is 1.66. The number of carbonyl (C=O) groups excluding carboxylic acids is 1. The molecule has 0 spiro atoms. The zero-order valence-corrected chi connectivity index (χ0v) is 15.1. The number of methoxy groups -OCH3 is 2. The maximum atomic E-state index is 13.3. The lowest BCUT2D eigenvalue weighted by atomic mass is 10.1. The fourth-order valence-corrected chi connectivity index (χ4v) is 3.22. The first kappa shape index (κ1) is 18.2. The van der Waals surface area contributed by atoms with Crippen molar-refractivity contribution >= 4 is 5.91 Å². The molecule has 138 valence electrons. The molecule has 0 saturated carbocycles. The minimum absolute atomic E-state index is 0.0929. The first-order chi connectivity index (χ1) is 12.6. The van der Waals surface area contributed by atoms with Gasteiger partial charge in [0.25, 0.3) is 5.91 Å². The standard InChI is InChI=1S/C20H23FN2O3/c1-25-17-7-4-8-18(26-2)19(17)20(24)23-11-9-22(10-12-23)14-15-5-3-6-16(21)13-15/h3-8,13H,9-12,14H2,1-2H3. The van der Waals surface area contributed by atoms with Gasteiger partial charge in [-0.3, -0.25) is 9.69 Å². The van der Waals surface area contributed by atoms with Crippen LogP contribution in [0.3, 0.4) is 0 Å². The summed E-state index contributed by atoms with van der Waals surface area (Å²) < 4.78 is 24.0. The maximum Gasteiger partial charge on any atom is 0.261 e. The number of ether oxygens (including phenoxy) is 2. The van der Waals surface area contributed by atoms with Gasteiger partial charge in [-0.15, -0.1) is 0 Å². The molecule has 1 aliphatic heterocycles. The van der Waals surface area contributed by atoms with Crippen LogP contribution in [0.4, 0.5) is 4.39 Å². The first-order valence-electron chi connectivity index (χ1n) is 8.59. The average Bonchev–Trinajstić information content (AvgIpc) is 2.67. The van der Waals surface area contributed by atoms with Crippen molar-refractivity contribution in [1.82, 2.24) is 9.80 Å². The minimum Gasteiger partial charge on any atom is -0.496 e. The Labute approximate surface area is 152 Å². The molecule has 0 unspecified atom stereocenters. The fourth-order valence-electron chi connectivity index (χ4n) is 3.22. The molecule has 3 rings (SSSR count). The molecular weight excluding hydrogens is 335 g/mol. The molecule has 6 heteroatoms. The number of halogens is 1. The first-order valence-corrected chi connectivity index (χ1v) is 8.59. The molecule has 5 nitrogen and oxygen atoms in total. The lowest BCUT2D eigenvalue weighted by molar-refractivity contribution is 0.0622. The van der Waals surface area contributed by atoms with Crippen molar-refractivity contribution in [1.29, 1.82) is 0 Å². The van der Waals surface area contributed by atoms with Gasteiger partial charge in [0, 0.05) is 32.7 Å². The average molecular weight is 358 g/mol. The van der Waals surface area contributed by atoms with Crippen LogP contribution in [0.5, 0.6) is 11.5 Å². The summed E-state index contributed by atoms with van der Waals surface area (Å²) in [5, 5.41) is 0. The van der Waals surface area contributed by atoms with E-state index in [-0.39, 0.29) is 11.7 Å². The van der Waals surface area contributed by atoms with Gasteiger partial charge in [0.2, 0.25) is 0 Å². The van der Waals surface area contributed by atoms with Crippen LogP contribution in [0.25, 0.3) is 0 Å². The molecule has 26 heavy (non-hydrogen) atoms. The molecule has 0 aromatic heterocycles. The molecule has 1 saturated heterocycles. The van der Waals surface area contributed by atoms with Crippen molar-refractivity contribution in [3.05, 3.63) is 59.4 Å². The van der Waals surface area contributed by atoms with E-state index in [1.807, 2.05) is 11.0 Å². The van der Waals surface area contributed by atoms with Gasteiger partial charge in [-0.25, -0.2) is 4.39 Å². The highest BCUT2D eigenvalue weighted by Crippen LogP contribution is 2.30. The molecule has 2 aromatic carbocycles. The maximum absolute atomic E-state index is 13.3. The van der Waals surface area contributed by atoms with Crippen LogP contribution in [-0.2, 0) is 6.54 Å². The third-order valence-electron chi connectivity index (χ3n) is 4.60. The van der Waals surface area contributed by atoms with Crippen molar-refractivity contribution in [2.75, 3.05) is 40.4 Å². The van der Waals surface area contributed by atoms with E-state index in [1.165, 1.54) is 6.07 Å². The van der Waals surface area contributed by atoms with E-state index in [2.05, 4.69) is 4.90 Å². The van der Waals surface area contributed by atoms with Crippen LogP contribution in [0.15, 0.2) is 42.5 Å². The van der Waals surface area contributed by atoms with Crippen molar-refractivity contribution < 1.29 is 18.7 Å². The number of rotatable bonds is 5. The van der Waals surface area contributed by atoms with Crippen molar-refractivity contribution in [3.8, 4) is 11.5 Å². The highest BCUT2D eigenvalue weighted by atomic mass is 19.1. The van der Waals surface area contributed by atoms with Gasteiger partial charge in [-0.05, 0) is 29.8 Å². The number of piperazine rings is 1. The Morgan fingerprint density at radius 1 is 1.00 bits per heavy atom. The topological polar surface area (TPSA) is 42.0 Å². The summed E-state index contributed by atoms with van der Waals surface area (Å²) in [7, 11) is 3.09. The van der Waals surface area contributed by atoms with E-state index in [9.17, 15) is 9.18 Å². The summed E-state index contributed by atoms with van der Waals surface area (Å²) >= 11 is 0. The van der Waals surface area contributed by atoms with Crippen molar-refractivity contribution in [3.63, 3.8) is 0 Å². The highest BCUT2D eigenvalue weighted by Gasteiger charge is 2.27. The zero-order chi connectivity index (χ0) is 18.5. The van der Waals surface area contributed by atoms with Gasteiger partial charge < -0.3 is 14.4 Å². The smallest absolute Gasteiger partial charge is 0.261 e. The molecule has 0 N–H and O–H groups in total. The Hall–Kier alpha value is -2.60. The SMILES string of the molecule is COc1cccc(OC)c1C(=O)N1CCN(Cc2cccc(F)c2)CC1. The van der Waals surface area contributed by atoms with E-state index in [0.717, 1.165) is 18.7 Å². The summed E-state index contributed by atoms with van der Waals surface area (Å²) in [5.41, 5.74) is 1.40. The molecule has 1 heterocycles. The molecule has 0 aliphatic carbocycles. The summed E-state index contributed by atoms with van der Waals surface area (Å²) in [6.07, 6.45) is 0. The minimum atomic E-state index is -0.223. The van der Waals surface area contributed by atoms with Crippen LogP contribution in [-0.4, -0.2) is 56.1 Å². The van der Waals surface area contributed by atoms with Crippen LogP contribution in [0, 0.1) is 5.82 Å². The highest BCUT2D eigenvalue weighted by molar-refractivity contribution is 5.99. The Bertz CT molecular complexity index is 751. The van der Waals surface area contributed by atoms with Gasteiger partial charge in [0.15, 0.2) is 0 Å².